The molecule has 0 bridgehead atoms. The van der Waals surface area contributed by atoms with E-state index in [1.165, 1.54) is 12.8 Å². The molecular weight excluding hydrogens is 272 g/mol. The molecule has 0 amide bonds. The van der Waals surface area contributed by atoms with Gasteiger partial charge in [-0.05, 0) is 43.2 Å². The Morgan fingerprint density at radius 1 is 1.30 bits per heavy atom. The van der Waals surface area contributed by atoms with Crippen LogP contribution in [0, 0.1) is 11.8 Å². The molecule has 5 heteroatoms. The van der Waals surface area contributed by atoms with Crippen LogP contribution in [-0.4, -0.2) is 21.5 Å². The van der Waals surface area contributed by atoms with E-state index < -0.39 is 10.0 Å². The molecule has 0 radical (unpaired) electrons. The van der Waals surface area contributed by atoms with Crippen LogP contribution in [0.5, 0.6) is 0 Å². The van der Waals surface area contributed by atoms with E-state index in [2.05, 4.69) is 23.9 Å². The zero-order valence-corrected chi connectivity index (χ0v) is 13.0. The molecule has 0 aliphatic heterocycles. The fraction of sp³-hybridized carbons (Fsp3) is 0.600. The van der Waals surface area contributed by atoms with Gasteiger partial charge in [-0.1, -0.05) is 26.0 Å². The van der Waals surface area contributed by atoms with E-state index in [1.807, 2.05) is 12.1 Å². The number of anilines is 1. The average molecular weight is 296 g/mol. The van der Waals surface area contributed by atoms with Crippen LogP contribution in [0.15, 0.2) is 29.2 Å². The molecule has 0 aromatic heterocycles. The van der Waals surface area contributed by atoms with Crippen LogP contribution in [0.4, 0.5) is 5.69 Å². The van der Waals surface area contributed by atoms with Crippen molar-refractivity contribution in [3.05, 3.63) is 24.3 Å². The summed E-state index contributed by atoms with van der Waals surface area (Å²) in [4.78, 5) is 0.344. The summed E-state index contributed by atoms with van der Waals surface area (Å²) >= 11 is 0. The van der Waals surface area contributed by atoms with Crippen molar-refractivity contribution in [1.82, 2.24) is 4.72 Å². The molecule has 1 aliphatic rings. The maximum absolute atomic E-state index is 12.4. The van der Waals surface area contributed by atoms with Crippen LogP contribution >= 0.6 is 0 Å². The molecule has 112 valence electrons. The first-order valence-electron chi connectivity index (χ1n) is 7.37. The molecule has 1 aromatic carbocycles. The van der Waals surface area contributed by atoms with Crippen molar-refractivity contribution in [3.63, 3.8) is 0 Å². The molecule has 1 aromatic rings. The Hall–Kier alpha value is -1.07. The van der Waals surface area contributed by atoms with Gasteiger partial charge in [0.1, 0.15) is 4.90 Å². The van der Waals surface area contributed by atoms with Gasteiger partial charge in [-0.2, -0.15) is 0 Å². The first-order valence-corrected chi connectivity index (χ1v) is 8.85. The predicted molar refractivity (Wildman–Crippen MR) is 82.3 cm³/mol. The highest BCUT2D eigenvalue weighted by molar-refractivity contribution is 7.89. The van der Waals surface area contributed by atoms with E-state index in [0.29, 0.717) is 29.0 Å². The van der Waals surface area contributed by atoms with Gasteiger partial charge < -0.3 is 5.32 Å². The largest absolute Gasteiger partial charge is 0.384 e. The van der Waals surface area contributed by atoms with Crippen molar-refractivity contribution in [3.8, 4) is 0 Å². The van der Waals surface area contributed by atoms with Gasteiger partial charge in [0.15, 0.2) is 0 Å². The quantitative estimate of drug-likeness (QED) is 0.775. The zero-order valence-electron chi connectivity index (χ0n) is 12.2. The monoisotopic (exact) mass is 296 g/mol. The molecule has 4 nitrogen and oxygen atoms in total. The maximum atomic E-state index is 12.4. The number of para-hydroxylation sites is 1. The van der Waals surface area contributed by atoms with Gasteiger partial charge in [0.25, 0.3) is 0 Å². The van der Waals surface area contributed by atoms with Crippen LogP contribution in [0.2, 0.25) is 0 Å². The fourth-order valence-electron chi connectivity index (χ4n) is 2.26. The lowest BCUT2D eigenvalue weighted by molar-refractivity contribution is 0.492. The molecule has 1 unspecified atom stereocenters. The van der Waals surface area contributed by atoms with E-state index in [4.69, 9.17) is 0 Å². The standard InChI is InChI=1S/C15H24N2O2S/c1-3-10-16-14-6-4-5-7-15(14)20(18,19)17-11-12(2)13-8-9-13/h4-7,12-13,16-17H,3,8-11H2,1-2H3. The van der Waals surface area contributed by atoms with E-state index in [0.717, 1.165) is 13.0 Å². The number of nitrogens with one attached hydrogen (secondary N) is 2. The maximum Gasteiger partial charge on any atom is 0.242 e. The van der Waals surface area contributed by atoms with Gasteiger partial charge in [-0.15, -0.1) is 0 Å². The first-order chi connectivity index (χ1) is 9.54. The third-order valence-electron chi connectivity index (χ3n) is 3.76. The Morgan fingerprint density at radius 2 is 2.00 bits per heavy atom. The number of benzene rings is 1. The number of rotatable bonds is 8. The Labute approximate surface area is 122 Å². The average Bonchev–Trinajstić information content (AvgIpc) is 3.27. The summed E-state index contributed by atoms with van der Waals surface area (Å²) < 4.78 is 27.6. The summed E-state index contributed by atoms with van der Waals surface area (Å²) in [6.45, 7) is 5.46. The van der Waals surface area contributed by atoms with Gasteiger partial charge in [-0.25, -0.2) is 13.1 Å². The minimum atomic E-state index is -3.43. The summed E-state index contributed by atoms with van der Waals surface area (Å²) in [5.41, 5.74) is 0.681. The van der Waals surface area contributed by atoms with Crippen LogP contribution in [0.25, 0.3) is 0 Å². The highest BCUT2D eigenvalue weighted by Gasteiger charge is 2.29. The summed E-state index contributed by atoms with van der Waals surface area (Å²) in [6.07, 6.45) is 3.43. The second kappa shape index (κ2) is 6.59. The lowest BCUT2D eigenvalue weighted by Gasteiger charge is -2.15. The normalized spacial score (nSPS) is 16.9. The van der Waals surface area contributed by atoms with Crippen molar-refractivity contribution in [1.29, 1.82) is 0 Å². The Morgan fingerprint density at radius 3 is 2.65 bits per heavy atom. The molecule has 20 heavy (non-hydrogen) atoms. The fourth-order valence-corrected chi connectivity index (χ4v) is 3.58. The molecule has 2 N–H and O–H groups in total. The van der Waals surface area contributed by atoms with Crippen molar-refractivity contribution in [2.24, 2.45) is 11.8 Å². The smallest absolute Gasteiger partial charge is 0.242 e. The topological polar surface area (TPSA) is 58.2 Å². The summed E-state index contributed by atoms with van der Waals surface area (Å²) in [6, 6.07) is 7.08. The van der Waals surface area contributed by atoms with Gasteiger partial charge in [0.2, 0.25) is 10.0 Å². The van der Waals surface area contributed by atoms with Crippen LogP contribution in [0.1, 0.15) is 33.1 Å². The second-order valence-electron chi connectivity index (χ2n) is 5.59. The van der Waals surface area contributed by atoms with Gasteiger partial charge in [0, 0.05) is 13.1 Å². The van der Waals surface area contributed by atoms with Crippen molar-refractivity contribution < 1.29 is 8.42 Å². The SMILES string of the molecule is CCCNc1ccccc1S(=O)(=O)NCC(C)C1CC1. The van der Waals surface area contributed by atoms with Crippen molar-refractivity contribution in [2.75, 3.05) is 18.4 Å². The molecule has 0 spiro atoms. The summed E-state index contributed by atoms with van der Waals surface area (Å²) in [7, 11) is -3.43. The Kier molecular flexibility index (Phi) is 5.05. The third kappa shape index (κ3) is 3.96. The third-order valence-corrected chi connectivity index (χ3v) is 5.25. The zero-order chi connectivity index (χ0) is 14.6. The molecule has 0 saturated heterocycles. The van der Waals surface area contributed by atoms with E-state index >= 15 is 0 Å². The highest BCUT2D eigenvalue weighted by atomic mass is 32.2. The summed E-state index contributed by atoms with van der Waals surface area (Å²) in [5.74, 6) is 1.12. The second-order valence-corrected chi connectivity index (χ2v) is 7.32. The van der Waals surface area contributed by atoms with E-state index in [1.54, 1.807) is 12.1 Å². The van der Waals surface area contributed by atoms with Gasteiger partial charge in [-0.3, -0.25) is 0 Å². The number of sulfonamides is 1. The first kappa shape index (κ1) is 15.3. The van der Waals surface area contributed by atoms with Crippen molar-refractivity contribution >= 4 is 15.7 Å². The van der Waals surface area contributed by atoms with Gasteiger partial charge in [0.05, 0.1) is 5.69 Å². The van der Waals surface area contributed by atoms with Crippen LogP contribution < -0.4 is 10.0 Å². The molecular formula is C15H24N2O2S. The van der Waals surface area contributed by atoms with Crippen molar-refractivity contribution in [2.45, 2.75) is 38.0 Å². The minimum Gasteiger partial charge on any atom is -0.384 e. The van der Waals surface area contributed by atoms with Crippen LogP contribution in [-0.2, 0) is 10.0 Å². The number of hydrogen-bond donors (Lipinski definition) is 2. The molecule has 1 fully saturated rings. The number of hydrogen-bond acceptors (Lipinski definition) is 3. The van der Waals surface area contributed by atoms with E-state index in [9.17, 15) is 8.42 Å². The predicted octanol–water partition coefficient (Wildman–Crippen LogP) is 2.83. The summed E-state index contributed by atoms with van der Waals surface area (Å²) in [5, 5.41) is 3.17. The lowest BCUT2D eigenvalue weighted by Crippen LogP contribution is -2.29. The molecule has 2 rings (SSSR count). The molecule has 0 heterocycles. The molecule has 1 atom stereocenters. The minimum absolute atomic E-state index is 0.344. The lowest BCUT2D eigenvalue weighted by atomic mass is 10.1. The Bertz CT molecular complexity index is 539. The molecule has 1 aliphatic carbocycles. The van der Waals surface area contributed by atoms with Gasteiger partial charge >= 0.3 is 0 Å². The van der Waals surface area contributed by atoms with E-state index in [-0.39, 0.29) is 0 Å². The highest BCUT2D eigenvalue weighted by Crippen LogP contribution is 2.36. The molecule has 1 saturated carbocycles. The Balaban J connectivity index is 2.07. The van der Waals surface area contributed by atoms with Crippen LogP contribution in [0.3, 0.4) is 0 Å².